The Hall–Kier alpha value is 0.170. The lowest BCUT2D eigenvalue weighted by atomic mass is 10.3. The molecule has 7 heavy (non-hydrogen) atoms. The van der Waals surface area contributed by atoms with Gasteiger partial charge in [-0.05, 0) is 0 Å². The molecule has 1 saturated heterocycles. The molecule has 1 aliphatic heterocycles. The van der Waals surface area contributed by atoms with Crippen LogP contribution < -0.4 is 0 Å². The maximum Gasteiger partial charge on any atom is 0.234 e. The average Bonchev–Trinajstić information content (AvgIpc) is 1.65. The number of β-lactam (4-membered cyclic amide) rings is 1. The first-order valence-corrected chi connectivity index (χ1v) is 3.79. The molecule has 0 unspecified atom stereocenters. The smallest absolute Gasteiger partial charge is 0.234 e. The fourth-order valence-electron chi connectivity index (χ4n) is 0.381. The van der Waals surface area contributed by atoms with Gasteiger partial charge in [-0.15, -0.1) is 0 Å². The van der Waals surface area contributed by atoms with Gasteiger partial charge in [0.2, 0.25) is 5.91 Å². The number of hydrogen-bond acceptors (Lipinski definition) is 3. The fraction of sp³-hybridized carbons (Fsp3) is 0.667. The summed E-state index contributed by atoms with van der Waals surface area (Å²) in [6.07, 6.45) is 0.702. The lowest BCUT2D eigenvalue weighted by Crippen LogP contribution is -2.36. The standard InChI is InChI=1S/C3H5NOS2/c5-3-1-2-4(3)7-6/h6H,1-2H2. The number of hydrogen-bond donors (Lipinski definition) is 1. The molecular formula is C3H5NOS2. The van der Waals surface area contributed by atoms with Crippen molar-refractivity contribution in [2.24, 2.45) is 0 Å². The summed E-state index contributed by atoms with van der Waals surface area (Å²) >= 11 is 3.83. The molecule has 1 fully saturated rings. The SMILES string of the molecule is O=C1CCN1SS. The van der Waals surface area contributed by atoms with Crippen molar-refractivity contribution in [1.82, 2.24) is 4.31 Å². The Kier molecular flexibility index (Phi) is 1.49. The third kappa shape index (κ3) is 0.860. The summed E-state index contributed by atoms with van der Waals surface area (Å²) in [4.78, 5) is 10.3. The van der Waals surface area contributed by atoms with E-state index >= 15 is 0 Å². The van der Waals surface area contributed by atoms with Gasteiger partial charge in [0.05, 0.1) is 0 Å². The van der Waals surface area contributed by atoms with Gasteiger partial charge in [0.25, 0.3) is 0 Å². The summed E-state index contributed by atoms with van der Waals surface area (Å²) in [5.74, 6) is 0.194. The predicted molar refractivity (Wildman–Crippen MR) is 32.9 cm³/mol. The Morgan fingerprint density at radius 2 is 2.57 bits per heavy atom. The molecular weight excluding hydrogens is 130 g/mol. The summed E-state index contributed by atoms with van der Waals surface area (Å²) in [5, 5.41) is 0. The molecule has 0 spiro atoms. The molecule has 1 heterocycles. The summed E-state index contributed by atoms with van der Waals surface area (Å²) in [6, 6.07) is 0. The Morgan fingerprint density at radius 3 is 2.57 bits per heavy atom. The molecule has 1 amide bonds. The van der Waals surface area contributed by atoms with Gasteiger partial charge in [-0.25, -0.2) is 0 Å². The molecule has 0 N–H and O–H groups in total. The monoisotopic (exact) mass is 135 g/mol. The Labute approximate surface area is 51.2 Å². The van der Waals surface area contributed by atoms with Gasteiger partial charge in [0.15, 0.2) is 0 Å². The van der Waals surface area contributed by atoms with Crippen molar-refractivity contribution >= 4 is 28.5 Å². The highest BCUT2D eigenvalue weighted by Crippen LogP contribution is 2.22. The van der Waals surface area contributed by atoms with E-state index in [0.717, 1.165) is 6.54 Å². The maximum absolute atomic E-state index is 10.3. The normalized spacial score (nSPS) is 19.6. The molecule has 0 aromatic heterocycles. The predicted octanol–water partition coefficient (Wildman–Crippen LogP) is 0.712. The van der Waals surface area contributed by atoms with E-state index < -0.39 is 0 Å². The van der Waals surface area contributed by atoms with Crippen LogP contribution in [0.3, 0.4) is 0 Å². The zero-order valence-electron chi connectivity index (χ0n) is 3.63. The topological polar surface area (TPSA) is 20.3 Å². The van der Waals surface area contributed by atoms with Crippen LogP contribution in [-0.2, 0) is 4.79 Å². The summed E-state index contributed by atoms with van der Waals surface area (Å²) in [6.45, 7) is 0.868. The van der Waals surface area contributed by atoms with Gasteiger partial charge in [-0.1, -0.05) is 11.7 Å². The van der Waals surface area contributed by atoms with Crippen LogP contribution in [-0.4, -0.2) is 16.8 Å². The number of carbonyl (C=O) groups is 1. The summed E-state index contributed by atoms with van der Waals surface area (Å²) < 4.78 is 1.61. The first-order chi connectivity index (χ1) is 3.34. The van der Waals surface area contributed by atoms with E-state index in [2.05, 4.69) is 11.7 Å². The van der Waals surface area contributed by atoms with Gasteiger partial charge in [-0.2, -0.15) is 0 Å². The molecule has 4 heteroatoms. The van der Waals surface area contributed by atoms with E-state index in [1.165, 1.54) is 11.0 Å². The second-order valence-electron chi connectivity index (χ2n) is 1.33. The highest BCUT2D eigenvalue weighted by Gasteiger charge is 2.22. The quantitative estimate of drug-likeness (QED) is 0.247. The van der Waals surface area contributed by atoms with Crippen molar-refractivity contribution in [3.8, 4) is 0 Å². The Morgan fingerprint density at radius 1 is 1.86 bits per heavy atom. The molecule has 40 valence electrons. The van der Waals surface area contributed by atoms with Crippen LogP contribution in [0.2, 0.25) is 0 Å². The lowest BCUT2D eigenvalue weighted by Gasteiger charge is -2.26. The van der Waals surface area contributed by atoms with E-state index in [0.29, 0.717) is 6.42 Å². The lowest BCUT2D eigenvalue weighted by molar-refractivity contribution is -0.132. The molecule has 0 aromatic carbocycles. The van der Waals surface area contributed by atoms with Gasteiger partial charge < -0.3 is 0 Å². The molecule has 0 aliphatic carbocycles. The minimum absolute atomic E-state index is 0.194. The second kappa shape index (κ2) is 1.96. The number of carbonyl (C=O) groups excluding carboxylic acids is 1. The van der Waals surface area contributed by atoms with Crippen molar-refractivity contribution < 1.29 is 4.79 Å². The second-order valence-corrected chi connectivity index (χ2v) is 2.42. The van der Waals surface area contributed by atoms with E-state index in [9.17, 15) is 4.79 Å². The minimum Gasteiger partial charge on any atom is -0.277 e. The first-order valence-electron chi connectivity index (χ1n) is 1.96. The van der Waals surface area contributed by atoms with E-state index in [-0.39, 0.29) is 5.91 Å². The van der Waals surface area contributed by atoms with Gasteiger partial charge in [0.1, 0.15) is 0 Å². The van der Waals surface area contributed by atoms with E-state index in [1.807, 2.05) is 0 Å². The highest BCUT2D eigenvalue weighted by atomic mass is 33.1. The Balaban J connectivity index is 2.29. The largest absolute Gasteiger partial charge is 0.277 e. The van der Waals surface area contributed by atoms with Gasteiger partial charge >= 0.3 is 0 Å². The van der Waals surface area contributed by atoms with E-state index in [1.54, 1.807) is 4.31 Å². The summed E-state index contributed by atoms with van der Waals surface area (Å²) in [7, 11) is 1.20. The zero-order chi connectivity index (χ0) is 5.28. The molecule has 1 aliphatic rings. The molecule has 1 rings (SSSR count). The van der Waals surface area contributed by atoms with Crippen molar-refractivity contribution in [1.29, 1.82) is 0 Å². The van der Waals surface area contributed by atoms with Gasteiger partial charge in [0, 0.05) is 23.9 Å². The van der Waals surface area contributed by atoms with Crippen molar-refractivity contribution in [2.75, 3.05) is 6.54 Å². The van der Waals surface area contributed by atoms with Gasteiger partial charge in [-0.3, -0.25) is 9.10 Å². The van der Waals surface area contributed by atoms with Crippen LogP contribution in [0.5, 0.6) is 0 Å². The van der Waals surface area contributed by atoms with Crippen LogP contribution in [0.4, 0.5) is 0 Å². The summed E-state index contributed by atoms with van der Waals surface area (Å²) in [5.41, 5.74) is 0. The van der Waals surface area contributed by atoms with E-state index in [4.69, 9.17) is 0 Å². The van der Waals surface area contributed by atoms with Crippen LogP contribution in [0, 0.1) is 0 Å². The van der Waals surface area contributed by atoms with Crippen LogP contribution >= 0.6 is 22.6 Å². The van der Waals surface area contributed by atoms with Crippen molar-refractivity contribution in [3.63, 3.8) is 0 Å². The average molecular weight is 135 g/mol. The minimum atomic E-state index is 0.194. The fourth-order valence-corrected chi connectivity index (χ4v) is 1.25. The van der Waals surface area contributed by atoms with Crippen molar-refractivity contribution in [2.45, 2.75) is 6.42 Å². The first kappa shape index (κ1) is 5.31. The van der Waals surface area contributed by atoms with Crippen molar-refractivity contribution in [3.05, 3.63) is 0 Å². The molecule has 0 bridgehead atoms. The molecule has 0 radical (unpaired) electrons. The molecule has 0 aromatic rings. The third-order valence-electron chi connectivity index (χ3n) is 0.905. The number of thiol groups is 1. The number of amides is 1. The number of rotatable bonds is 1. The highest BCUT2D eigenvalue weighted by molar-refractivity contribution is 8.67. The molecule has 2 nitrogen and oxygen atoms in total. The van der Waals surface area contributed by atoms with Crippen LogP contribution in [0.1, 0.15) is 6.42 Å². The van der Waals surface area contributed by atoms with Crippen LogP contribution in [0.25, 0.3) is 0 Å². The van der Waals surface area contributed by atoms with Crippen LogP contribution in [0.15, 0.2) is 0 Å². The Bertz CT molecular complexity index is 92.9. The molecule has 0 atom stereocenters. The zero-order valence-corrected chi connectivity index (χ0v) is 5.34. The number of nitrogens with zero attached hydrogens (tertiary/aromatic N) is 1. The molecule has 0 saturated carbocycles. The third-order valence-corrected chi connectivity index (χ3v) is 2.08. The maximum atomic E-state index is 10.3.